The minimum Gasteiger partial charge on any atom is -0.350 e. The van der Waals surface area contributed by atoms with Crippen LogP contribution in [0.1, 0.15) is 59.7 Å². The molecule has 35 heavy (non-hydrogen) atoms. The third-order valence-electron chi connectivity index (χ3n) is 7.22. The number of benzene rings is 1. The molecule has 188 valence electrons. The zero-order valence-electron chi connectivity index (χ0n) is 20.6. The van der Waals surface area contributed by atoms with E-state index in [0.29, 0.717) is 22.7 Å². The summed E-state index contributed by atoms with van der Waals surface area (Å²) in [5.74, 6) is 5.67. The highest BCUT2D eigenvalue weighted by atomic mass is 35.5. The predicted octanol–water partition coefficient (Wildman–Crippen LogP) is 2.64. The van der Waals surface area contributed by atoms with Crippen LogP contribution in [0.4, 0.5) is 5.82 Å². The van der Waals surface area contributed by atoms with Crippen LogP contribution in [-0.4, -0.2) is 75.9 Å². The number of carbonyl (C=O) groups excluding carboxylic acids is 2. The molecule has 0 saturated carbocycles. The quantitative estimate of drug-likeness (QED) is 0.370. The number of piperidine rings is 1. The van der Waals surface area contributed by atoms with Crippen molar-refractivity contribution in [1.82, 2.24) is 25.2 Å². The fraction of sp³-hybridized carbons (Fsp3) is 0.520. The summed E-state index contributed by atoms with van der Waals surface area (Å²) < 4.78 is 0. The van der Waals surface area contributed by atoms with E-state index in [1.165, 1.54) is 6.20 Å². The molecule has 1 aromatic carbocycles. The Labute approximate surface area is 211 Å². The van der Waals surface area contributed by atoms with Gasteiger partial charge in [0.05, 0.1) is 11.9 Å². The van der Waals surface area contributed by atoms with Crippen LogP contribution in [0, 0.1) is 6.92 Å². The highest BCUT2D eigenvalue weighted by molar-refractivity contribution is 6.30. The number of hydrogen-bond donors (Lipinski definition) is 2. The smallest absolute Gasteiger partial charge is 0.285 e. The average Bonchev–Trinajstić information content (AvgIpc) is 2.88. The van der Waals surface area contributed by atoms with E-state index in [9.17, 15) is 9.59 Å². The number of anilines is 1. The Kier molecular flexibility index (Phi) is 7.88. The molecule has 0 aliphatic carbocycles. The van der Waals surface area contributed by atoms with Crippen molar-refractivity contribution in [2.45, 2.75) is 58.2 Å². The Bertz CT molecular complexity index is 1060. The van der Waals surface area contributed by atoms with Gasteiger partial charge in [-0.05, 0) is 57.4 Å². The number of likely N-dealkylation sites (tertiary alicyclic amines) is 1. The number of nitrogen functional groups attached to an aromatic ring is 1. The van der Waals surface area contributed by atoms with Crippen molar-refractivity contribution in [2.24, 2.45) is 5.84 Å². The molecule has 2 fully saturated rings. The predicted molar refractivity (Wildman–Crippen MR) is 136 cm³/mol. The topological polar surface area (TPSA) is 108 Å². The molecule has 2 saturated heterocycles. The molecule has 2 amide bonds. The van der Waals surface area contributed by atoms with Crippen LogP contribution in [0.5, 0.6) is 0 Å². The highest BCUT2D eigenvalue weighted by Crippen LogP contribution is 2.29. The molecule has 2 atom stereocenters. The summed E-state index contributed by atoms with van der Waals surface area (Å²) in [6, 6.07) is 8.19. The van der Waals surface area contributed by atoms with Crippen molar-refractivity contribution in [1.29, 1.82) is 0 Å². The molecule has 1 aromatic heterocycles. The summed E-state index contributed by atoms with van der Waals surface area (Å²) in [6.07, 6.45) is 4.43. The fourth-order valence-corrected chi connectivity index (χ4v) is 5.41. The minimum absolute atomic E-state index is 0.0751. The highest BCUT2D eigenvalue weighted by Gasteiger charge is 2.37. The first-order valence-corrected chi connectivity index (χ1v) is 12.6. The zero-order chi connectivity index (χ0) is 25.1. The van der Waals surface area contributed by atoms with E-state index in [2.05, 4.69) is 39.0 Å². The van der Waals surface area contributed by atoms with Crippen LogP contribution in [-0.2, 0) is 0 Å². The van der Waals surface area contributed by atoms with Gasteiger partial charge in [0.1, 0.15) is 11.5 Å². The van der Waals surface area contributed by atoms with E-state index < -0.39 is 5.91 Å². The zero-order valence-corrected chi connectivity index (χ0v) is 21.3. The van der Waals surface area contributed by atoms with Crippen LogP contribution in [0.25, 0.3) is 0 Å². The van der Waals surface area contributed by atoms with Gasteiger partial charge >= 0.3 is 0 Å². The number of aryl methyl sites for hydroxylation is 1. The van der Waals surface area contributed by atoms with Crippen LogP contribution in [0.2, 0.25) is 5.02 Å². The maximum Gasteiger partial charge on any atom is 0.285 e. The Morgan fingerprint density at radius 1 is 1.17 bits per heavy atom. The van der Waals surface area contributed by atoms with Crippen LogP contribution in [0.15, 0.2) is 30.5 Å². The first-order valence-electron chi connectivity index (χ1n) is 12.2. The van der Waals surface area contributed by atoms with E-state index in [4.69, 9.17) is 17.4 Å². The van der Waals surface area contributed by atoms with Crippen LogP contribution >= 0.6 is 11.6 Å². The van der Waals surface area contributed by atoms with E-state index in [1.54, 1.807) is 24.3 Å². The lowest BCUT2D eigenvalue weighted by Crippen LogP contribution is -2.62. The number of hydrazine groups is 1. The number of amides is 2. The Morgan fingerprint density at radius 2 is 1.86 bits per heavy atom. The molecule has 10 heteroatoms. The molecule has 9 nitrogen and oxygen atoms in total. The van der Waals surface area contributed by atoms with Gasteiger partial charge in [0.25, 0.3) is 11.8 Å². The van der Waals surface area contributed by atoms with Gasteiger partial charge in [0.15, 0.2) is 0 Å². The molecule has 2 aromatic rings. The molecule has 3 N–H and O–H groups in total. The van der Waals surface area contributed by atoms with E-state index in [0.717, 1.165) is 57.0 Å². The molecule has 2 aliphatic heterocycles. The SMILES string of the molecule is CC[C@H]1CN(c2ncc(C(=O)NN)nc2C)[C@H](C)CN1C1CCN(C(=O)c2ccc(Cl)cc2)CC1. The maximum absolute atomic E-state index is 12.9. The second-order valence-corrected chi connectivity index (χ2v) is 9.86. The number of carbonyl (C=O) groups is 2. The lowest BCUT2D eigenvalue weighted by Gasteiger charge is -2.50. The van der Waals surface area contributed by atoms with Gasteiger partial charge in [0.2, 0.25) is 0 Å². The van der Waals surface area contributed by atoms with Crippen LogP contribution in [0.3, 0.4) is 0 Å². The molecule has 3 heterocycles. The van der Waals surface area contributed by atoms with Crippen molar-refractivity contribution >= 4 is 29.2 Å². The summed E-state index contributed by atoms with van der Waals surface area (Å²) in [6.45, 7) is 9.58. The van der Waals surface area contributed by atoms with E-state index in [1.807, 2.05) is 11.8 Å². The molecule has 4 rings (SSSR count). The van der Waals surface area contributed by atoms with E-state index in [-0.39, 0.29) is 17.6 Å². The van der Waals surface area contributed by atoms with Gasteiger partial charge in [-0.1, -0.05) is 18.5 Å². The van der Waals surface area contributed by atoms with Gasteiger partial charge in [-0.3, -0.25) is 19.9 Å². The number of nitrogens with zero attached hydrogens (tertiary/aromatic N) is 5. The summed E-state index contributed by atoms with van der Waals surface area (Å²) >= 11 is 5.97. The van der Waals surface area contributed by atoms with Crippen molar-refractivity contribution < 1.29 is 9.59 Å². The van der Waals surface area contributed by atoms with Gasteiger partial charge in [-0.2, -0.15) is 0 Å². The number of nitrogens with two attached hydrogens (primary N) is 1. The average molecular weight is 500 g/mol. The van der Waals surface area contributed by atoms with Crippen molar-refractivity contribution in [3.8, 4) is 0 Å². The molecule has 2 aliphatic rings. The van der Waals surface area contributed by atoms with Gasteiger partial charge < -0.3 is 9.80 Å². The summed E-state index contributed by atoms with van der Waals surface area (Å²) in [5.41, 5.74) is 3.73. The van der Waals surface area contributed by atoms with Gasteiger partial charge in [-0.25, -0.2) is 15.8 Å². The Balaban J connectivity index is 1.41. The summed E-state index contributed by atoms with van der Waals surface area (Å²) in [5, 5.41) is 0.636. The molecular formula is C25H34ClN7O2. The molecule has 0 spiro atoms. The molecular weight excluding hydrogens is 466 g/mol. The van der Waals surface area contributed by atoms with E-state index >= 15 is 0 Å². The summed E-state index contributed by atoms with van der Waals surface area (Å²) in [7, 11) is 0. The first kappa shape index (κ1) is 25.3. The van der Waals surface area contributed by atoms with Gasteiger partial charge in [0, 0.05) is 54.9 Å². The molecule has 0 radical (unpaired) electrons. The monoisotopic (exact) mass is 499 g/mol. The Hall–Kier alpha value is -2.75. The fourth-order valence-electron chi connectivity index (χ4n) is 5.29. The normalized spacial score (nSPS) is 21.7. The maximum atomic E-state index is 12.9. The first-order chi connectivity index (χ1) is 16.8. The van der Waals surface area contributed by atoms with Crippen molar-refractivity contribution in [2.75, 3.05) is 31.1 Å². The standard InChI is InChI=1S/C25H34ClN7O2/c1-4-20-15-32(23-17(3)29-22(13-28-23)24(34)30-27)16(2)14-33(20)21-9-11-31(12-10-21)25(35)18-5-7-19(26)8-6-18/h5-8,13,16,20-21H,4,9-12,14-15,27H2,1-3H3,(H,30,34)/t16-,20+/m1/s1. The third-order valence-corrected chi connectivity index (χ3v) is 7.48. The lowest BCUT2D eigenvalue weighted by atomic mass is 9.96. The second kappa shape index (κ2) is 10.9. The number of hydrogen-bond acceptors (Lipinski definition) is 7. The number of piperazine rings is 1. The van der Waals surface area contributed by atoms with Crippen molar-refractivity contribution in [3.05, 3.63) is 52.4 Å². The van der Waals surface area contributed by atoms with Gasteiger partial charge in [-0.15, -0.1) is 0 Å². The molecule has 0 unspecified atom stereocenters. The third kappa shape index (κ3) is 5.42. The summed E-state index contributed by atoms with van der Waals surface area (Å²) in [4.78, 5) is 40.6. The number of aromatic nitrogens is 2. The Morgan fingerprint density at radius 3 is 2.46 bits per heavy atom. The number of rotatable bonds is 5. The minimum atomic E-state index is -0.447. The number of nitrogens with one attached hydrogen (secondary N) is 1. The molecule has 0 bridgehead atoms. The largest absolute Gasteiger partial charge is 0.350 e. The van der Waals surface area contributed by atoms with Crippen molar-refractivity contribution in [3.63, 3.8) is 0 Å². The lowest BCUT2D eigenvalue weighted by molar-refractivity contribution is 0.0434. The number of halogens is 1. The van der Waals surface area contributed by atoms with Crippen LogP contribution < -0.4 is 16.2 Å². The second-order valence-electron chi connectivity index (χ2n) is 9.43.